The average molecular weight is 416 g/mol. The number of hydrogen-bond donors (Lipinski definition) is 2. The van der Waals surface area contributed by atoms with Crippen molar-refractivity contribution >= 4 is 30.7 Å². The van der Waals surface area contributed by atoms with E-state index in [1.807, 2.05) is 0 Å². The number of carbonyl (C=O) groups is 1. The standard InChI is InChI=1S/C21H33N3O.2ClH/c1-17-8-12-24(13-9-17)16-19-7-5-6-18(14-19)15-23-20(25)21(22)10-3-2-4-11-21;;/h5-7,14,17H,2-4,8-13,15-16,22H2,1H3,(H,23,25);2*1H. The van der Waals surface area contributed by atoms with Crippen molar-refractivity contribution in [1.29, 1.82) is 0 Å². The van der Waals surface area contributed by atoms with Crippen LogP contribution in [-0.4, -0.2) is 29.4 Å². The molecule has 0 bridgehead atoms. The number of hydrogen-bond acceptors (Lipinski definition) is 3. The molecule has 3 rings (SSSR count). The highest BCUT2D eigenvalue weighted by Crippen LogP contribution is 2.26. The molecule has 0 radical (unpaired) electrons. The van der Waals surface area contributed by atoms with Crippen molar-refractivity contribution in [2.45, 2.75) is 70.5 Å². The summed E-state index contributed by atoms with van der Waals surface area (Å²) in [5, 5.41) is 3.07. The van der Waals surface area contributed by atoms with Gasteiger partial charge in [0.2, 0.25) is 5.91 Å². The summed E-state index contributed by atoms with van der Waals surface area (Å²) in [5.41, 5.74) is 8.16. The third-order valence-electron chi connectivity index (χ3n) is 5.92. The van der Waals surface area contributed by atoms with Crippen molar-refractivity contribution in [3.8, 4) is 0 Å². The van der Waals surface area contributed by atoms with Crippen LogP contribution in [0.2, 0.25) is 0 Å². The lowest BCUT2D eigenvalue weighted by atomic mass is 9.82. The minimum absolute atomic E-state index is 0. The van der Waals surface area contributed by atoms with E-state index in [1.54, 1.807) is 0 Å². The Morgan fingerprint density at radius 3 is 2.44 bits per heavy atom. The number of benzene rings is 1. The predicted octanol–water partition coefficient (Wildman–Crippen LogP) is 4.04. The third kappa shape index (κ3) is 6.94. The molecule has 1 saturated heterocycles. The molecule has 154 valence electrons. The van der Waals surface area contributed by atoms with E-state index >= 15 is 0 Å². The van der Waals surface area contributed by atoms with Crippen LogP contribution in [0.3, 0.4) is 0 Å². The second-order valence-electron chi connectivity index (χ2n) is 8.18. The first-order valence-electron chi connectivity index (χ1n) is 9.92. The zero-order chi connectivity index (χ0) is 17.7. The van der Waals surface area contributed by atoms with E-state index in [4.69, 9.17) is 5.73 Å². The summed E-state index contributed by atoms with van der Waals surface area (Å²) in [6, 6.07) is 8.60. The minimum atomic E-state index is -0.652. The van der Waals surface area contributed by atoms with Crippen LogP contribution >= 0.6 is 24.8 Å². The fraction of sp³-hybridized carbons (Fsp3) is 0.667. The molecule has 1 aromatic carbocycles. The van der Waals surface area contributed by atoms with Crippen molar-refractivity contribution in [2.75, 3.05) is 13.1 Å². The Morgan fingerprint density at radius 2 is 1.78 bits per heavy atom. The molecule has 27 heavy (non-hydrogen) atoms. The second kappa shape index (κ2) is 11.3. The van der Waals surface area contributed by atoms with E-state index in [9.17, 15) is 4.79 Å². The van der Waals surface area contributed by atoms with Crippen LogP contribution in [0.15, 0.2) is 24.3 Å². The number of amides is 1. The molecular formula is C21H35Cl2N3O. The van der Waals surface area contributed by atoms with Crippen LogP contribution in [-0.2, 0) is 17.9 Å². The number of nitrogens with one attached hydrogen (secondary N) is 1. The van der Waals surface area contributed by atoms with Gasteiger partial charge in [-0.15, -0.1) is 24.8 Å². The Bertz CT molecular complexity index is 583. The van der Waals surface area contributed by atoms with Gasteiger partial charge < -0.3 is 11.1 Å². The van der Waals surface area contributed by atoms with Crippen LogP contribution in [0.25, 0.3) is 0 Å². The Kier molecular flexibility index (Phi) is 10.1. The van der Waals surface area contributed by atoms with Gasteiger partial charge in [0.05, 0.1) is 5.54 Å². The molecule has 1 amide bonds. The largest absolute Gasteiger partial charge is 0.350 e. The molecule has 1 aromatic rings. The normalized spacial score (nSPS) is 20.2. The van der Waals surface area contributed by atoms with Crippen LogP contribution in [0.4, 0.5) is 0 Å². The van der Waals surface area contributed by atoms with E-state index in [2.05, 4.69) is 41.4 Å². The monoisotopic (exact) mass is 415 g/mol. The van der Waals surface area contributed by atoms with Crippen LogP contribution in [0, 0.1) is 5.92 Å². The summed E-state index contributed by atoms with van der Waals surface area (Å²) in [6.45, 7) is 6.31. The van der Waals surface area contributed by atoms with Crippen molar-refractivity contribution in [2.24, 2.45) is 11.7 Å². The molecule has 4 nitrogen and oxygen atoms in total. The van der Waals surface area contributed by atoms with Gasteiger partial charge in [-0.25, -0.2) is 0 Å². The molecule has 6 heteroatoms. The number of halogens is 2. The van der Waals surface area contributed by atoms with Gasteiger partial charge in [-0.05, 0) is 55.8 Å². The van der Waals surface area contributed by atoms with Crippen LogP contribution in [0.5, 0.6) is 0 Å². The molecule has 0 aromatic heterocycles. The van der Waals surface area contributed by atoms with Crippen molar-refractivity contribution in [1.82, 2.24) is 10.2 Å². The fourth-order valence-electron chi connectivity index (χ4n) is 4.08. The second-order valence-corrected chi connectivity index (χ2v) is 8.18. The van der Waals surface area contributed by atoms with Gasteiger partial charge in [0.15, 0.2) is 0 Å². The number of nitrogens with two attached hydrogens (primary N) is 1. The lowest BCUT2D eigenvalue weighted by Crippen LogP contribution is -2.54. The summed E-state index contributed by atoms with van der Waals surface area (Å²) >= 11 is 0. The van der Waals surface area contributed by atoms with Crippen molar-refractivity contribution in [3.63, 3.8) is 0 Å². The van der Waals surface area contributed by atoms with Gasteiger partial charge in [0.25, 0.3) is 0 Å². The van der Waals surface area contributed by atoms with E-state index in [0.717, 1.165) is 43.7 Å². The maximum atomic E-state index is 12.5. The van der Waals surface area contributed by atoms with E-state index in [0.29, 0.717) is 6.54 Å². The predicted molar refractivity (Wildman–Crippen MR) is 116 cm³/mol. The molecule has 2 aliphatic rings. The highest BCUT2D eigenvalue weighted by atomic mass is 35.5. The lowest BCUT2D eigenvalue weighted by molar-refractivity contribution is -0.127. The molecule has 1 aliphatic heterocycles. The number of likely N-dealkylation sites (tertiary alicyclic amines) is 1. The van der Waals surface area contributed by atoms with E-state index in [-0.39, 0.29) is 30.7 Å². The summed E-state index contributed by atoms with van der Waals surface area (Å²) in [7, 11) is 0. The molecule has 0 unspecified atom stereocenters. The molecule has 0 atom stereocenters. The first-order valence-corrected chi connectivity index (χ1v) is 9.92. The molecule has 0 spiro atoms. The topological polar surface area (TPSA) is 58.4 Å². The van der Waals surface area contributed by atoms with Gasteiger partial charge in [0.1, 0.15) is 0 Å². The van der Waals surface area contributed by atoms with E-state index < -0.39 is 5.54 Å². The first kappa shape index (κ1) is 24.2. The highest BCUT2D eigenvalue weighted by Gasteiger charge is 2.34. The van der Waals surface area contributed by atoms with Gasteiger partial charge in [-0.1, -0.05) is 50.5 Å². The SMILES string of the molecule is CC1CCN(Cc2cccc(CNC(=O)C3(N)CCCCC3)c2)CC1.Cl.Cl. The average Bonchev–Trinajstić information content (AvgIpc) is 2.62. The smallest absolute Gasteiger partial charge is 0.240 e. The number of piperidine rings is 1. The first-order chi connectivity index (χ1) is 12.0. The Balaban J connectivity index is 0.00000182. The van der Waals surface area contributed by atoms with Gasteiger partial charge >= 0.3 is 0 Å². The Morgan fingerprint density at radius 1 is 1.15 bits per heavy atom. The lowest BCUT2D eigenvalue weighted by Gasteiger charge is -2.32. The Labute approximate surface area is 176 Å². The number of carbonyl (C=O) groups excluding carboxylic acids is 1. The Hall–Kier alpha value is -0.810. The molecule has 1 saturated carbocycles. The third-order valence-corrected chi connectivity index (χ3v) is 5.92. The minimum Gasteiger partial charge on any atom is -0.350 e. The molecular weight excluding hydrogens is 381 g/mol. The van der Waals surface area contributed by atoms with Gasteiger partial charge in [0, 0.05) is 13.1 Å². The summed E-state index contributed by atoms with van der Waals surface area (Å²) in [4.78, 5) is 15.0. The molecule has 3 N–H and O–H groups in total. The maximum absolute atomic E-state index is 12.5. The van der Waals surface area contributed by atoms with Crippen LogP contribution in [0.1, 0.15) is 63.0 Å². The maximum Gasteiger partial charge on any atom is 0.240 e. The summed E-state index contributed by atoms with van der Waals surface area (Å²) in [6.07, 6.45) is 7.55. The fourth-order valence-corrected chi connectivity index (χ4v) is 4.08. The van der Waals surface area contributed by atoms with Gasteiger partial charge in [-0.3, -0.25) is 9.69 Å². The molecule has 1 aliphatic carbocycles. The van der Waals surface area contributed by atoms with Gasteiger partial charge in [-0.2, -0.15) is 0 Å². The summed E-state index contributed by atoms with van der Waals surface area (Å²) < 4.78 is 0. The zero-order valence-corrected chi connectivity index (χ0v) is 18.0. The highest BCUT2D eigenvalue weighted by molar-refractivity contribution is 5.86. The van der Waals surface area contributed by atoms with Crippen molar-refractivity contribution in [3.05, 3.63) is 35.4 Å². The molecule has 1 heterocycles. The summed E-state index contributed by atoms with van der Waals surface area (Å²) in [5.74, 6) is 0.879. The molecule has 2 fully saturated rings. The van der Waals surface area contributed by atoms with Crippen molar-refractivity contribution < 1.29 is 4.79 Å². The number of rotatable bonds is 5. The number of nitrogens with zero attached hydrogens (tertiary/aromatic N) is 1. The quantitative estimate of drug-likeness (QED) is 0.762. The van der Waals surface area contributed by atoms with E-state index in [1.165, 1.54) is 37.9 Å². The zero-order valence-electron chi connectivity index (χ0n) is 16.4. The van der Waals surface area contributed by atoms with Crippen LogP contribution < -0.4 is 11.1 Å².